The van der Waals surface area contributed by atoms with Crippen molar-refractivity contribution in [3.05, 3.63) is 53.6 Å². The van der Waals surface area contributed by atoms with Crippen LogP contribution in [0.4, 0.5) is 0 Å². The molecular formula is C26H31N3O4S. The highest BCUT2D eigenvalue weighted by Crippen LogP contribution is 2.34. The number of hydrogen-bond donors (Lipinski definition) is 1. The van der Waals surface area contributed by atoms with Crippen molar-refractivity contribution in [2.45, 2.75) is 51.3 Å². The van der Waals surface area contributed by atoms with E-state index in [-0.39, 0.29) is 29.0 Å². The molecule has 4 rings (SSSR count). The Bertz CT molecular complexity index is 1140. The summed E-state index contributed by atoms with van der Waals surface area (Å²) in [5.41, 5.74) is 3.15. The summed E-state index contributed by atoms with van der Waals surface area (Å²) in [6.45, 7) is 11.7. The molecule has 1 unspecified atom stereocenters. The minimum Gasteiger partial charge on any atom is -0.486 e. The highest BCUT2D eigenvalue weighted by molar-refractivity contribution is 7.99. The van der Waals surface area contributed by atoms with Crippen molar-refractivity contribution in [3.63, 3.8) is 0 Å². The number of benzene rings is 2. The van der Waals surface area contributed by atoms with Gasteiger partial charge in [-0.1, -0.05) is 64.6 Å². The number of amides is 1. The first kappa shape index (κ1) is 24.1. The van der Waals surface area contributed by atoms with Gasteiger partial charge in [-0.25, -0.2) is 0 Å². The smallest absolute Gasteiger partial charge is 0.277 e. The van der Waals surface area contributed by atoms with Gasteiger partial charge >= 0.3 is 0 Å². The highest BCUT2D eigenvalue weighted by atomic mass is 32.2. The predicted octanol–water partition coefficient (Wildman–Crippen LogP) is 5.41. The van der Waals surface area contributed by atoms with Gasteiger partial charge in [-0.15, -0.1) is 10.2 Å². The van der Waals surface area contributed by atoms with Crippen molar-refractivity contribution in [3.8, 4) is 23.0 Å². The number of nitrogens with zero attached hydrogens (tertiary/aromatic N) is 2. The molecule has 1 amide bonds. The monoisotopic (exact) mass is 481 g/mol. The van der Waals surface area contributed by atoms with Crippen LogP contribution in [-0.2, 0) is 10.2 Å². The Labute approximate surface area is 204 Å². The van der Waals surface area contributed by atoms with E-state index in [1.54, 1.807) is 0 Å². The second-order valence-electron chi connectivity index (χ2n) is 9.68. The maximum atomic E-state index is 12.7. The zero-order valence-corrected chi connectivity index (χ0v) is 21.1. The van der Waals surface area contributed by atoms with E-state index in [1.807, 2.05) is 30.3 Å². The van der Waals surface area contributed by atoms with Crippen LogP contribution in [0.3, 0.4) is 0 Å². The third kappa shape index (κ3) is 5.73. The number of hydrogen-bond acceptors (Lipinski definition) is 7. The Morgan fingerprint density at radius 1 is 1.03 bits per heavy atom. The van der Waals surface area contributed by atoms with E-state index in [2.05, 4.69) is 62.3 Å². The van der Waals surface area contributed by atoms with Crippen molar-refractivity contribution in [2.24, 2.45) is 5.92 Å². The average Bonchev–Trinajstić information content (AvgIpc) is 3.29. The van der Waals surface area contributed by atoms with Crippen LogP contribution in [-0.4, -0.2) is 35.1 Å². The number of thioether (sulfide) groups is 1. The highest BCUT2D eigenvalue weighted by Gasteiger charge is 2.22. The molecule has 1 aromatic heterocycles. The van der Waals surface area contributed by atoms with Gasteiger partial charge in [0, 0.05) is 5.56 Å². The van der Waals surface area contributed by atoms with E-state index in [0.717, 1.165) is 16.9 Å². The van der Waals surface area contributed by atoms with Crippen LogP contribution in [0.1, 0.15) is 51.8 Å². The van der Waals surface area contributed by atoms with E-state index in [0.29, 0.717) is 30.1 Å². The molecule has 1 atom stereocenters. The quantitative estimate of drug-likeness (QED) is 0.452. The van der Waals surface area contributed by atoms with Crippen LogP contribution >= 0.6 is 11.8 Å². The molecule has 0 aliphatic carbocycles. The van der Waals surface area contributed by atoms with Gasteiger partial charge in [-0.05, 0) is 46.7 Å². The predicted molar refractivity (Wildman–Crippen MR) is 132 cm³/mol. The topological polar surface area (TPSA) is 86.5 Å². The lowest BCUT2D eigenvalue weighted by Gasteiger charge is -2.25. The van der Waals surface area contributed by atoms with Crippen molar-refractivity contribution >= 4 is 17.7 Å². The first-order valence-corrected chi connectivity index (χ1v) is 12.5. The van der Waals surface area contributed by atoms with Crippen LogP contribution < -0.4 is 14.8 Å². The minimum absolute atomic E-state index is 0.0789. The van der Waals surface area contributed by atoms with Crippen molar-refractivity contribution < 1.29 is 18.7 Å². The summed E-state index contributed by atoms with van der Waals surface area (Å²) in [5.74, 6) is 2.17. The molecule has 1 aliphatic heterocycles. The fourth-order valence-corrected chi connectivity index (χ4v) is 4.30. The second-order valence-corrected chi connectivity index (χ2v) is 10.6. The van der Waals surface area contributed by atoms with Gasteiger partial charge in [0.1, 0.15) is 13.2 Å². The van der Waals surface area contributed by atoms with Crippen LogP contribution in [0.5, 0.6) is 11.5 Å². The first-order valence-electron chi connectivity index (χ1n) is 11.5. The van der Waals surface area contributed by atoms with Gasteiger partial charge in [-0.2, -0.15) is 0 Å². The molecule has 1 N–H and O–H groups in total. The molecule has 0 fully saturated rings. The summed E-state index contributed by atoms with van der Waals surface area (Å²) >= 11 is 1.23. The van der Waals surface area contributed by atoms with E-state index >= 15 is 0 Å². The Kier molecular flexibility index (Phi) is 7.16. The number of nitrogens with one attached hydrogen (secondary N) is 1. The van der Waals surface area contributed by atoms with E-state index in [9.17, 15) is 4.79 Å². The molecule has 0 saturated heterocycles. The lowest BCUT2D eigenvalue weighted by Crippen LogP contribution is -2.33. The van der Waals surface area contributed by atoms with E-state index < -0.39 is 0 Å². The molecule has 180 valence electrons. The minimum atomic E-state index is -0.150. The SMILES string of the molecule is CC(C)C(NC(=O)CSc1nnc(-c2ccc(C(C)(C)C)cc2)o1)c1ccc2c(c1)OCCO2. The molecule has 34 heavy (non-hydrogen) atoms. The summed E-state index contributed by atoms with van der Waals surface area (Å²) in [6.07, 6.45) is 0. The van der Waals surface area contributed by atoms with Crippen LogP contribution in [0.15, 0.2) is 52.1 Å². The summed E-state index contributed by atoms with van der Waals surface area (Å²) in [4.78, 5) is 12.7. The van der Waals surface area contributed by atoms with Gasteiger partial charge in [0.15, 0.2) is 11.5 Å². The first-order chi connectivity index (χ1) is 16.2. The Morgan fingerprint density at radius 2 is 1.74 bits per heavy atom. The Morgan fingerprint density at radius 3 is 2.41 bits per heavy atom. The zero-order valence-electron chi connectivity index (χ0n) is 20.3. The Balaban J connectivity index is 1.36. The zero-order chi connectivity index (χ0) is 24.3. The molecule has 8 heteroatoms. The standard InChI is InChI=1S/C26H31N3O4S/c1-16(2)23(18-8-11-20-21(14-18)32-13-12-31-20)27-22(30)15-34-25-29-28-24(33-25)17-6-9-19(10-7-17)26(3,4)5/h6-11,14,16,23H,12-13,15H2,1-5H3,(H,27,30). The normalized spacial score (nSPS) is 14.2. The average molecular weight is 482 g/mol. The van der Waals surface area contributed by atoms with Gasteiger partial charge in [0.25, 0.3) is 5.22 Å². The van der Waals surface area contributed by atoms with Crippen molar-refractivity contribution in [1.29, 1.82) is 0 Å². The van der Waals surface area contributed by atoms with Gasteiger partial charge in [-0.3, -0.25) is 4.79 Å². The maximum Gasteiger partial charge on any atom is 0.277 e. The molecule has 0 bridgehead atoms. The van der Waals surface area contributed by atoms with E-state index in [4.69, 9.17) is 13.9 Å². The molecule has 0 saturated carbocycles. The van der Waals surface area contributed by atoms with Gasteiger partial charge in [0.05, 0.1) is 11.8 Å². The van der Waals surface area contributed by atoms with E-state index in [1.165, 1.54) is 17.3 Å². The van der Waals surface area contributed by atoms with Crippen LogP contribution in [0, 0.1) is 5.92 Å². The summed E-state index contributed by atoms with van der Waals surface area (Å²) < 4.78 is 17.1. The fourth-order valence-electron chi connectivity index (χ4n) is 3.73. The maximum absolute atomic E-state index is 12.7. The molecular weight excluding hydrogens is 450 g/mol. The number of carbonyl (C=O) groups is 1. The molecule has 2 heterocycles. The Hall–Kier alpha value is -3.00. The van der Waals surface area contributed by atoms with Crippen molar-refractivity contribution in [2.75, 3.05) is 19.0 Å². The van der Waals surface area contributed by atoms with Crippen LogP contribution in [0.25, 0.3) is 11.5 Å². The summed E-state index contributed by atoms with van der Waals surface area (Å²) in [5, 5.41) is 11.7. The van der Waals surface area contributed by atoms with Gasteiger partial charge in [0.2, 0.25) is 11.8 Å². The lowest BCUT2D eigenvalue weighted by atomic mass is 9.87. The number of carbonyl (C=O) groups excluding carboxylic acids is 1. The lowest BCUT2D eigenvalue weighted by molar-refractivity contribution is -0.119. The molecule has 0 spiro atoms. The molecule has 7 nitrogen and oxygen atoms in total. The van der Waals surface area contributed by atoms with Crippen LogP contribution in [0.2, 0.25) is 0 Å². The molecule has 1 aliphatic rings. The summed E-state index contributed by atoms with van der Waals surface area (Å²) in [6, 6.07) is 13.8. The van der Waals surface area contributed by atoms with Crippen molar-refractivity contribution in [1.82, 2.24) is 15.5 Å². The number of rotatable bonds is 7. The number of fused-ring (bicyclic) bond motifs is 1. The summed E-state index contributed by atoms with van der Waals surface area (Å²) in [7, 11) is 0. The number of ether oxygens (including phenoxy) is 2. The fraction of sp³-hybridized carbons (Fsp3) is 0.423. The third-order valence-electron chi connectivity index (χ3n) is 5.64. The largest absolute Gasteiger partial charge is 0.486 e. The molecule has 3 aromatic rings. The van der Waals surface area contributed by atoms with Gasteiger partial charge < -0.3 is 19.2 Å². The third-order valence-corrected chi connectivity index (χ3v) is 6.46. The number of aromatic nitrogens is 2. The second kappa shape index (κ2) is 10.1. The molecule has 0 radical (unpaired) electrons. The molecule has 2 aromatic carbocycles.